The number of fused-ring (bicyclic) bond motifs is 1. The summed E-state index contributed by atoms with van der Waals surface area (Å²) < 4.78 is 26.0. The molecule has 1 aromatic heterocycles. The molecule has 0 aliphatic carbocycles. The van der Waals surface area contributed by atoms with Gasteiger partial charge in [0.2, 0.25) is 0 Å². The number of carbonyl (C=O) groups is 1. The highest BCUT2D eigenvalue weighted by atomic mass is 32.2. The summed E-state index contributed by atoms with van der Waals surface area (Å²) in [6.07, 6.45) is 1.14. The Hall–Kier alpha value is -2.25. The number of aromatic nitrogens is 1. The second-order valence-electron chi connectivity index (χ2n) is 6.54. The third-order valence-electron chi connectivity index (χ3n) is 4.23. The van der Waals surface area contributed by atoms with Crippen LogP contribution in [0.1, 0.15) is 35.7 Å². The number of nitrogens with zero attached hydrogens (tertiary/aromatic N) is 2. The van der Waals surface area contributed by atoms with Gasteiger partial charge in [-0.3, -0.25) is 4.79 Å². The van der Waals surface area contributed by atoms with Crippen molar-refractivity contribution in [3.05, 3.63) is 58.4 Å². The molecule has 26 heavy (non-hydrogen) atoms. The maximum absolute atomic E-state index is 12.5. The van der Waals surface area contributed by atoms with Crippen LogP contribution in [0.2, 0.25) is 0 Å². The first-order valence-electron chi connectivity index (χ1n) is 8.15. The van der Waals surface area contributed by atoms with Crippen LogP contribution in [0.25, 0.3) is 10.2 Å². The van der Waals surface area contributed by atoms with Crippen LogP contribution < -0.4 is 4.80 Å². The molecule has 7 heteroatoms. The number of aryl methyl sites for hydroxylation is 1. The molecule has 0 saturated heterocycles. The highest BCUT2D eigenvalue weighted by Gasteiger charge is 2.11. The van der Waals surface area contributed by atoms with Gasteiger partial charge in [0.25, 0.3) is 5.91 Å². The molecule has 0 bridgehead atoms. The molecule has 0 atom stereocenters. The van der Waals surface area contributed by atoms with Crippen molar-refractivity contribution in [2.24, 2.45) is 12.0 Å². The smallest absolute Gasteiger partial charge is 0.279 e. The van der Waals surface area contributed by atoms with Crippen LogP contribution in [0.15, 0.2) is 52.4 Å². The molecule has 0 aliphatic heterocycles. The molecule has 3 aromatic rings. The van der Waals surface area contributed by atoms with E-state index in [0.29, 0.717) is 16.3 Å². The fourth-order valence-electron chi connectivity index (χ4n) is 2.61. The lowest BCUT2D eigenvalue weighted by atomic mass is 10.0. The predicted molar refractivity (Wildman–Crippen MR) is 104 cm³/mol. The average molecular weight is 389 g/mol. The van der Waals surface area contributed by atoms with Crippen LogP contribution in [0.3, 0.4) is 0 Å². The lowest BCUT2D eigenvalue weighted by Crippen LogP contribution is -2.13. The topological polar surface area (TPSA) is 68.5 Å². The molecule has 1 amide bonds. The summed E-state index contributed by atoms with van der Waals surface area (Å²) in [5, 5.41) is 0. The summed E-state index contributed by atoms with van der Waals surface area (Å²) in [5.74, 6) is 0.0403. The average Bonchev–Trinajstić information content (AvgIpc) is 2.89. The lowest BCUT2D eigenvalue weighted by molar-refractivity contribution is 0.0998. The largest absolute Gasteiger partial charge is 0.319 e. The van der Waals surface area contributed by atoms with E-state index in [1.807, 2.05) is 17.7 Å². The van der Waals surface area contributed by atoms with Gasteiger partial charge in [0.1, 0.15) is 0 Å². The van der Waals surface area contributed by atoms with E-state index in [9.17, 15) is 13.2 Å². The van der Waals surface area contributed by atoms with Crippen LogP contribution in [-0.2, 0) is 16.9 Å². The number of benzene rings is 2. The highest BCUT2D eigenvalue weighted by molar-refractivity contribution is 7.90. The van der Waals surface area contributed by atoms with E-state index in [2.05, 4.69) is 31.0 Å². The normalized spacial score (nSPS) is 12.9. The van der Waals surface area contributed by atoms with Gasteiger partial charge < -0.3 is 4.57 Å². The van der Waals surface area contributed by atoms with Crippen LogP contribution in [0.4, 0.5) is 0 Å². The number of rotatable bonds is 3. The van der Waals surface area contributed by atoms with Crippen molar-refractivity contribution in [1.29, 1.82) is 0 Å². The fraction of sp³-hybridized carbons (Fsp3) is 0.263. The molecule has 0 unspecified atom stereocenters. The number of hydrogen-bond acceptors (Lipinski definition) is 4. The monoisotopic (exact) mass is 388 g/mol. The molecular formula is C19H20N2O3S2. The standard InChI is InChI=1S/C19H20N2O3S2/c1-12(2)14-7-10-16-17(11-14)25-19(21(16)3)20-18(22)13-5-8-15(9-6-13)26(4,23)24/h5-12H,1-4H3. The molecule has 0 aliphatic rings. The van der Waals surface area contributed by atoms with Crippen molar-refractivity contribution in [2.45, 2.75) is 24.7 Å². The first-order chi connectivity index (χ1) is 12.2. The second kappa shape index (κ2) is 6.81. The van der Waals surface area contributed by atoms with Crippen LogP contribution in [-0.4, -0.2) is 25.1 Å². The molecule has 3 rings (SSSR count). The van der Waals surface area contributed by atoms with E-state index in [-0.39, 0.29) is 4.90 Å². The van der Waals surface area contributed by atoms with E-state index in [0.717, 1.165) is 16.5 Å². The van der Waals surface area contributed by atoms with Gasteiger partial charge >= 0.3 is 0 Å². The van der Waals surface area contributed by atoms with Crippen molar-refractivity contribution in [3.63, 3.8) is 0 Å². The van der Waals surface area contributed by atoms with Gasteiger partial charge in [-0.15, -0.1) is 0 Å². The Labute approximate surface area is 156 Å². The molecule has 0 spiro atoms. The molecule has 136 valence electrons. The van der Waals surface area contributed by atoms with Gasteiger partial charge in [0.05, 0.1) is 15.1 Å². The Bertz CT molecular complexity index is 1150. The first-order valence-corrected chi connectivity index (χ1v) is 10.9. The minimum atomic E-state index is -3.28. The molecule has 0 fully saturated rings. The summed E-state index contributed by atoms with van der Waals surface area (Å²) in [6.45, 7) is 4.29. The number of sulfone groups is 1. The van der Waals surface area contributed by atoms with Crippen LogP contribution in [0.5, 0.6) is 0 Å². The highest BCUT2D eigenvalue weighted by Crippen LogP contribution is 2.23. The summed E-state index contributed by atoms with van der Waals surface area (Å²) >= 11 is 1.47. The third-order valence-corrected chi connectivity index (χ3v) is 6.45. The maximum atomic E-state index is 12.5. The van der Waals surface area contributed by atoms with Crippen molar-refractivity contribution in [1.82, 2.24) is 4.57 Å². The zero-order valence-corrected chi connectivity index (χ0v) is 16.7. The molecule has 0 radical (unpaired) electrons. The first kappa shape index (κ1) is 18.5. The molecule has 0 N–H and O–H groups in total. The maximum Gasteiger partial charge on any atom is 0.279 e. The van der Waals surface area contributed by atoms with Crippen LogP contribution >= 0.6 is 11.3 Å². The number of hydrogen-bond donors (Lipinski definition) is 0. The second-order valence-corrected chi connectivity index (χ2v) is 9.56. The van der Waals surface area contributed by atoms with E-state index < -0.39 is 15.7 Å². The quantitative estimate of drug-likeness (QED) is 0.689. The number of thiazole rings is 1. The van der Waals surface area contributed by atoms with E-state index in [1.54, 1.807) is 0 Å². The number of amides is 1. The van der Waals surface area contributed by atoms with Gasteiger partial charge in [0.15, 0.2) is 14.6 Å². The summed E-state index contributed by atoms with van der Waals surface area (Å²) in [7, 11) is -1.40. The predicted octanol–water partition coefficient (Wildman–Crippen LogP) is 3.51. The van der Waals surface area contributed by atoms with Gasteiger partial charge in [-0.2, -0.15) is 4.99 Å². The van der Waals surface area contributed by atoms with Crippen molar-refractivity contribution in [2.75, 3.05) is 6.26 Å². The summed E-state index contributed by atoms with van der Waals surface area (Å²) in [6, 6.07) is 12.1. The van der Waals surface area contributed by atoms with Crippen molar-refractivity contribution < 1.29 is 13.2 Å². The molecule has 2 aromatic carbocycles. The third kappa shape index (κ3) is 3.64. The Morgan fingerprint density at radius 2 is 1.77 bits per heavy atom. The molecular weight excluding hydrogens is 368 g/mol. The summed E-state index contributed by atoms with van der Waals surface area (Å²) in [4.78, 5) is 17.5. The Morgan fingerprint density at radius 1 is 1.12 bits per heavy atom. The molecule has 1 heterocycles. The zero-order chi connectivity index (χ0) is 19.1. The Kier molecular flexibility index (Phi) is 4.86. The van der Waals surface area contributed by atoms with E-state index in [4.69, 9.17) is 0 Å². The van der Waals surface area contributed by atoms with Crippen molar-refractivity contribution >= 4 is 37.3 Å². The number of carbonyl (C=O) groups excluding carboxylic acids is 1. The van der Waals surface area contributed by atoms with Gasteiger partial charge in [-0.1, -0.05) is 31.3 Å². The lowest BCUT2D eigenvalue weighted by Gasteiger charge is -2.04. The van der Waals surface area contributed by atoms with Gasteiger partial charge in [0, 0.05) is 18.9 Å². The molecule has 5 nitrogen and oxygen atoms in total. The minimum Gasteiger partial charge on any atom is -0.319 e. The Balaban J connectivity index is 2.01. The fourth-order valence-corrected chi connectivity index (χ4v) is 4.31. The van der Waals surface area contributed by atoms with Gasteiger partial charge in [-0.25, -0.2) is 8.42 Å². The zero-order valence-electron chi connectivity index (χ0n) is 15.1. The van der Waals surface area contributed by atoms with Crippen molar-refractivity contribution in [3.8, 4) is 0 Å². The van der Waals surface area contributed by atoms with E-state index in [1.165, 1.54) is 41.2 Å². The summed E-state index contributed by atoms with van der Waals surface area (Å²) in [5.41, 5.74) is 2.63. The minimum absolute atomic E-state index is 0.183. The van der Waals surface area contributed by atoms with Crippen LogP contribution in [0, 0.1) is 0 Å². The van der Waals surface area contributed by atoms with Gasteiger partial charge in [-0.05, 0) is 47.9 Å². The Morgan fingerprint density at radius 3 is 2.35 bits per heavy atom. The SMILES string of the molecule is CC(C)c1ccc2c(c1)sc(=NC(=O)c1ccc(S(C)(=O)=O)cc1)n2C. The molecule has 0 saturated carbocycles. The van der Waals surface area contributed by atoms with E-state index >= 15 is 0 Å².